The topological polar surface area (TPSA) is 128 Å². The summed E-state index contributed by atoms with van der Waals surface area (Å²) in [7, 11) is 1.53. The molecule has 0 aliphatic heterocycles. The van der Waals surface area contributed by atoms with Gasteiger partial charge in [0.25, 0.3) is 5.91 Å². The molecule has 0 atom stereocenters. The van der Waals surface area contributed by atoms with E-state index in [-0.39, 0.29) is 28.7 Å². The van der Waals surface area contributed by atoms with Crippen molar-refractivity contribution in [3.63, 3.8) is 0 Å². The summed E-state index contributed by atoms with van der Waals surface area (Å²) in [6.45, 7) is 7.21. The third-order valence-electron chi connectivity index (χ3n) is 4.86. The van der Waals surface area contributed by atoms with Gasteiger partial charge in [-0.15, -0.1) is 10.2 Å². The van der Waals surface area contributed by atoms with E-state index in [0.29, 0.717) is 28.3 Å². The normalized spacial score (nSPS) is 10.5. The van der Waals surface area contributed by atoms with Crippen molar-refractivity contribution in [1.29, 1.82) is 0 Å². The number of primary amides is 1. The van der Waals surface area contributed by atoms with Crippen LogP contribution in [0.25, 0.3) is 33.0 Å². The van der Waals surface area contributed by atoms with Crippen LogP contribution in [-0.2, 0) is 0 Å². The largest absolute Gasteiger partial charge is 0.507 e. The maximum Gasteiger partial charge on any atom is 0.287 e. The second-order valence-electron chi connectivity index (χ2n) is 6.79. The minimum absolute atomic E-state index is 0.130. The van der Waals surface area contributed by atoms with E-state index in [2.05, 4.69) is 15.0 Å². The number of aromatic nitrogens is 3. The van der Waals surface area contributed by atoms with Crippen LogP contribution in [0.2, 0.25) is 0 Å². The van der Waals surface area contributed by atoms with Crippen LogP contribution in [0.4, 0.5) is 5.69 Å². The molecule has 4 aromatic rings. The van der Waals surface area contributed by atoms with Crippen LogP contribution < -0.4 is 10.5 Å². The van der Waals surface area contributed by atoms with Crippen molar-refractivity contribution in [2.75, 3.05) is 7.11 Å². The van der Waals surface area contributed by atoms with Gasteiger partial charge in [0.1, 0.15) is 17.2 Å². The highest BCUT2D eigenvalue weighted by molar-refractivity contribution is 5.91. The summed E-state index contributed by atoms with van der Waals surface area (Å²) < 4.78 is 6.58. The molecule has 158 valence electrons. The number of amides is 1. The molecule has 0 saturated heterocycles. The summed E-state index contributed by atoms with van der Waals surface area (Å²) >= 11 is 0. The number of benzene rings is 3. The van der Waals surface area contributed by atoms with Crippen LogP contribution >= 0.6 is 0 Å². The lowest BCUT2D eigenvalue weighted by Gasteiger charge is -2.13. The standard InChI is InChI=1S/C23H17N5O4/c1-25-14-5-3-4-13(10-14)17-11-18(20(30)12-19(17)29)22-26-27-23(21(24)31)28(22)15-6-8-16(32-2)9-7-15/h3-12,29-30H,2H3,(H2,24,31). The fraction of sp³-hybridized carbons (Fsp3) is 0.0435. The first-order valence-electron chi connectivity index (χ1n) is 9.37. The van der Waals surface area contributed by atoms with Crippen LogP contribution in [0.1, 0.15) is 10.6 Å². The van der Waals surface area contributed by atoms with E-state index >= 15 is 0 Å². The Labute approximate surface area is 182 Å². The van der Waals surface area contributed by atoms with Gasteiger partial charge in [0.05, 0.1) is 19.2 Å². The lowest BCUT2D eigenvalue weighted by molar-refractivity contribution is 0.0988. The summed E-state index contributed by atoms with van der Waals surface area (Å²) in [6.07, 6.45) is 0. The SMILES string of the molecule is [C-]#[N+]c1cccc(-c2cc(-c3nnc(C(N)=O)n3-c3ccc(OC)cc3)c(O)cc2O)c1. The molecule has 4 rings (SSSR count). The Morgan fingerprint density at radius 3 is 2.41 bits per heavy atom. The Balaban J connectivity index is 1.94. The van der Waals surface area contributed by atoms with E-state index < -0.39 is 5.91 Å². The van der Waals surface area contributed by atoms with Gasteiger partial charge in [-0.25, -0.2) is 4.85 Å². The fourth-order valence-electron chi connectivity index (χ4n) is 3.32. The summed E-state index contributed by atoms with van der Waals surface area (Å²) in [6, 6.07) is 16.2. The van der Waals surface area contributed by atoms with Crippen LogP contribution in [0, 0.1) is 6.57 Å². The number of nitrogens with zero attached hydrogens (tertiary/aromatic N) is 4. The van der Waals surface area contributed by atoms with Gasteiger partial charge >= 0.3 is 0 Å². The first kappa shape index (κ1) is 20.4. The Kier molecular flexibility index (Phi) is 5.18. The molecule has 0 saturated carbocycles. The molecule has 0 unspecified atom stereocenters. The van der Waals surface area contributed by atoms with Crippen molar-refractivity contribution in [2.24, 2.45) is 5.73 Å². The molecular weight excluding hydrogens is 410 g/mol. The second kappa shape index (κ2) is 8.12. The van der Waals surface area contributed by atoms with Crippen molar-refractivity contribution >= 4 is 11.6 Å². The molecule has 1 heterocycles. The highest BCUT2D eigenvalue weighted by Gasteiger charge is 2.23. The molecule has 4 N–H and O–H groups in total. The number of aromatic hydroxyl groups is 2. The van der Waals surface area contributed by atoms with Crippen molar-refractivity contribution < 1.29 is 19.7 Å². The monoisotopic (exact) mass is 427 g/mol. The van der Waals surface area contributed by atoms with E-state index in [1.165, 1.54) is 23.8 Å². The highest BCUT2D eigenvalue weighted by Crippen LogP contribution is 2.40. The number of methoxy groups -OCH3 is 1. The maximum absolute atomic E-state index is 12.0. The molecule has 0 aliphatic rings. The summed E-state index contributed by atoms with van der Waals surface area (Å²) in [4.78, 5) is 15.4. The van der Waals surface area contributed by atoms with E-state index in [1.54, 1.807) is 48.5 Å². The molecule has 0 fully saturated rings. The van der Waals surface area contributed by atoms with E-state index in [9.17, 15) is 15.0 Å². The van der Waals surface area contributed by atoms with Gasteiger partial charge in [0, 0.05) is 17.3 Å². The smallest absolute Gasteiger partial charge is 0.287 e. The van der Waals surface area contributed by atoms with E-state index in [4.69, 9.17) is 17.0 Å². The highest BCUT2D eigenvalue weighted by atomic mass is 16.5. The average Bonchev–Trinajstić information content (AvgIpc) is 3.24. The number of hydrogen-bond acceptors (Lipinski definition) is 6. The van der Waals surface area contributed by atoms with Crippen LogP contribution in [0.15, 0.2) is 60.7 Å². The Morgan fingerprint density at radius 2 is 1.75 bits per heavy atom. The molecule has 1 aromatic heterocycles. The third-order valence-corrected chi connectivity index (χ3v) is 4.86. The Morgan fingerprint density at radius 1 is 1.03 bits per heavy atom. The second-order valence-corrected chi connectivity index (χ2v) is 6.79. The van der Waals surface area contributed by atoms with Crippen molar-refractivity contribution in [3.8, 4) is 45.5 Å². The molecule has 9 heteroatoms. The molecule has 3 aromatic carbocycles. The minimum atomic E-state index is -0.803. The van der Waals surface area contributed by atoms with E-state index in [1.807, 2.05) is 0 Å². The summed E-state index contributed by atoms with van der Waals surface area (Å²) in [5.74, 6) is -0.635. The zero-order valence-corrected chi connectivity index (χ0v) is 16.9. The van der Waals surface area contributed by atoms with Gasteiger partial charge < -0.3 is 20.7 Å². The number of nitrogens with two attached hydrogens (primary N) is 1. The van der Waals surface area contributed by atoms with Gasteiger partial charge in [0.15, 0.2) is 11.5 Å². The number of phenolic OH excluding ortho intramolecular Hbond substituents is 2. The molecule has 0 aliphatic carbocycles. The lowest BCUT2D eigenvalue weighted by atomic mass is 10.00. The van der Waals surface area contributed by atoms with Gasteiger partial charge in [-0.1, -0.05) is 18.2 Å². The third kappa shape index (κ3) is 3.57. The minimum Gasteiger partial charge on any atom is -0.507 e. The molecule has 0 bridgehead atoms. The average molecular weight is 427 g/mol. The van der Waals surface area contributed by atoms with Crippen molar-refractivity contribution in [2.45, 2.75) is 0 Å². The van der Waals surface area contributed by atoms with Gasteiger partial charge in [-0.2, -0.15) is 0 Å². The number of carbonyl (C=O) groups is 1. The Hall–Kier alpha value is -4.84. The lowest BCUT2D eigenvalue weighted by Crippen LogP contribution is -2.17. The number of hydrogen-bond donors (Lipinski definition) is 3. The number of phenols is 2. The van der Waals surface area contributed by atoms with Crippen molar-refractivity contribution in [1.82, 2.24) is 14.8 Å². The predicted molar refractivity (Wildman–Crippen MR) is 117 cm³/mol. The molecule has 9 nitrogen and oxygen atoms in total. The number of carbonyl (C=O) groups excluding carboxylic acids is 1. The zero-order chi connectivity index (χ0) is 22.8. The first-order chi connectivity index (χ1) is 15.4. The maximum atomic E-state index is 12.0. The Bertz CT molecular complexity index is 1370. The van der Waals surface area contributed by atoms with Gasteiger partial charge in [-0.3, -0.25) is 9.36 Å². The summed E-state index contributed by atoms with van der Waals surface area (Å²) in [5, 5.41) is 29.0. The van der Waals surface area contributed by atoms with Gasteiger partial charge in [0.2, 0.25) is 5.82 Å². The van der Waals surface area contributed by atoms with Gasteiger partial charge in [-0.05, 0) is 42.0 Å². The molecule has 0 spiro atoms. The van der Waals surface area contributed by atoms with Crippen LogP contribution in [0.3, 0.4) is 0 Å². The number of ether oxygens (including phenoxy) is 1. The molecule has 0 radical (unpaired) electrons. The van der Waals surface area contributed by atoms with E-state index in [0.717, 1.165) is 0 Å². The zero-order valence-electron chi connectivity index (χ0n) is 16.9. The summed E-state index contributed by atoms with van der Waals surface area (Å²) in [5.41, 5.74) is 7.56. The van der Waals surface area contributed by atoms with Crippen molar-refractivity contribution in [3.05, 3.63) is 77.9 Å². The quantitative estimate of drug-likeness (QED) is 0.417. The molecule has 32 heavy (non-hydrogen) atoms. The predicted octanol–water partition coefficient (Wildman–Crippen LogP) is 3.67. The number of rotatable bonds is 5. The molecular formula is C23H17N5O4. The van der Waals surface area contributed by atoms with Crippen LogP contribution in [-0.4, -0.2) is 38.0 Å². The fourth-order valence-corrected chi connectivity index (χ4v) is 3.32. The first-order valence-corrected chi connectivity index (χ1v) is 9.37. The van der Waals surface area contributed by atoms with Crippen LogP contribution in [0.5, 0.6) is 17.2 Å². The molecule has 1 amide bonds.